The highest BCUT2D eigenvalue weighted by Gasteiger charge is 2.55. The van der Waals surface area contributed by atoms with Crippen LogP contribution in [0.3, 0.4) is 0 Å². The molecule has 11 heavy (non-hydrogen) atoms. The topological polar surface area (TPSA) is 0 Å². The van der Waals surface area contributed by atoms with E-state index >= 15 is 0 Å². The highest BCUT2D eigenvalue weighted by atomic mass is 127. The van der Waals surface area contributed by atoms with E-state index in [-0.39, 0.29) is 0 Å². The Kier molecular flexibility index (Phi) is 3.45. The first-order valence-electron chi connectivity index (χ1n) is 2.39. The van der Waals surface area contributed by atoms with Crippen LogP contribution in [0.15, 0.2) is 0 Å². The van der Waals surface area contributed by atoms with Crippen LogP contribution in [-0.4, -0.2) is 16.8 Å². The van der Waals surface area contributed by atoms with Crippen LogP contribution in [0, 0.1) is 5.92 Å². The van der Waals surface area contributed by atoms with Gasteiger partial charge < -0.3 is 0 Å². The molecule has 0 aromatic carbocycles. The average molecular weight is 292 g/mol. The van der Waals surface area contributed by atoms with Crippen LogP contribution in [0.1, 0.15) is 0 Å². The lowest BCUT2D eigenvalue weighted by atomic mass is 10.2. The summed E-state index contributed by atoms with van der Waals surface area (Å²) in [7, 11) is 0. The monoisotopic (exact) mass is 292 g/mol. The summed E-state index contributed by atoms with van der Waals surface area (Å²) in [6.07, 6.45) is -10.4. The highest BCUT2D eigenvalue weighted by Crippen LogP contribution is 2.39. The lowest BCUT2D eigenvalue weighted by Gasteiger charge is -2.20. The largest absolute Gasteiger partial charge is 0.401 e. The minimum absolute atomic E-state index is 0.995. The second kappa shape index (κ2) is 3.36. The van der Waals surface area contributed by atoms with Crippen LogP contribution in [0.25, 0.3) is 0 Å². The second-order valence-electron chi connectivity index (χ2n) is 1.79. The van der Waals surface area contributed by atoms with Crippen molar-refractivity contribution in [1.29, 1.82) is 0 Å². The fourth-order valence-corrected chi connectivity index (χ4v) is 1.36. The van der Waals surface area contributed by atoms with E-state index in [1.165, 1.54) is 0 Å². The van der Waals surface area contributed by atoms with Gasteiger partial charge in [-0.3, -0.25) is 0 Å². The Hall–Kier alpha value is 0.310. The third-order valence-electron chi connectivity index (χ3n) is 0.945. The van der Waals surface area contributed by atoms with Gasteiger partial charge in [-0.1, -0.05) is 22.6 Å². The van der Waals surface area contributed by atoms with Gasteiger partial charge in [0.15, 0.2) is 5.92 Å². The Morgan fingerprint density at radius 3 is 1.18 bits per heavy atom. The zero-order valence-corrected chi connectivity index (χ0v) is 7.09. The lowest BCUT2D eigenvalue weighted by Crippen LogP contribution is -2.37. The molecule has 0 spiro atoms. The van der Waals surface area contributed by atoms with Gasteiger partial charge in [0.2, 0.25) is 0 Å². The molecular formula is C4H3F6I. The van der Waals surface area contributed by atoms with Crippen molar-refractivity contribution in [3.63, 3.8) is 0 Å². The molecule has 0 unspecified atom stereocenters. The molecular weight excluding hydrogens is 289 g/mol. The summed E-state index contributed by atoms with van der Waals surface area (Å²) >= 11 is 1.06. The van der Waals surface area contributed by atoms with Crippen LogP contribution >= 0.6 is 22.6 Å². The van der Waals surface area contributed by atoms with Crippen molar-refractivity contribution in [1.82, 2.24) is 0 Å². The van der Waals surface area contributed by atoms with E-state index in [2.05, 4.69) is 0 Å². The summed E-state index contributed by atoms with van der Waals surface area (Å²) in [6.45, 7) is 0. The summed E-state index contributed by atoms with van der Waals surface area (Å²) in [5.41, 5.74) is 0. The fourth-order valence-electron chi connectivity index (χ4n) is 0.361. The maximum absolute atomic E-state index is 11.5. The van der Waals surface area contributed by atoms with Gasteiger partial charge in [0.05, 0.1) is 0 Å². The van der Waals surface area contributed by atoms with Crippen molar-refractivity contribution < 1.29 is 26.3 Å². The molecule has 0 atom stereocenters. The number of hydrogen-bond donors (Lipinski definition) is 0. The summed E-state index contributed by atoms with van der Waals surface area (Å²) in [5, 5.41) is 0. The molecule has 0 radical (unpaired) electrons. The van der Waals surface area contributed by atoms with E-state index in [4.69, 9.17) is 0 Å². The van der Waals surface area contributed by atoms with Crippen LogP contribution < -0.4 is 0 Å². The van der Waals surface area contributed by atoms with Crippen molar-refractivity contribution in [3.05, 3.63) is 0 Å². The number of rotatable bonds is 1. The van der Waals surface area contributed by atoms with Gasteiger partial charge >= 0.3 is 12.4 Å². The van der Waals surface area contributed by atoms with Gasteiger partial charge in [-0.05, 0) is 0 Å². The molecule has 0 aliphatic carbocycles. The summed E-state index contributed by atoms with van der Waals surface area (Å²) in [6, 6.07) is 0. The average Bonchev–Trinajstić information content (AvgIpc) is 1.56. The molecule has 0 aliphatic heterocycles. The van der Waals surface area contributed by atoms with Crippen molar-refractivity contribution in [2.45, 2.75) is 12.4 Å². The SMILES string of the molecule is FC(F)(F)C(CI)C(F)(F)F. The van der Waals surface area contributed by atoms with Crippen molar-refractivity contribution in [2.24, 2.45) is 5.92 Å². The molecule has 0 aromatic heterocycles. The van der Waals surface area contributed by atoms with Crippen molar-refractivity contribution in [2.75, 3.05) is 4.43 Å². The van der Waals surface area contributed by atoms with Crippen LogP contribution in [0.2, 0.25) is 0 Å². The van der Waals surface area contributed by atoms with Gasteiger partial charge in [-0.2, -0.15) is 26.3 Å². The van der Waals surface area contributed by atoms with E-state index in [0.717, 1.165) is 22.6 Å². The van der Waals surface area contributed by atoms with Crippen LogP contribution in [0.4, 0.5) is 26.3 Å². The minimum atomic E-state index is -5.18. The Bertz CT molecular complexity index is 110. The smallest absolute Gasteiger partial charge is 0.170 e. The molecule has 0 fully saturated rings. The molecule has 0 bridgehead atoms. The van der Waals surface area contributed by atoms with Crippen molar-refractivity contribution >= 4 is 22.6 Å². The molecule has 0 saturated heterocycles. The molecule has 7 heteroatoms. The molecule has 0 saturated carbocycles. The zero-order chi connectivity index (χ0) is 9.28. The van der Waals surface area contributed by atoms with E-state index in [1.54, 1.807) is 0 Å². The maximum atomic E-state index is 11.5. The van der Waals surface area contributed by atoms with Gasteiger partial charge in [0.25, 0.3) is 0 Å². The van der Waals surface area contributed by atoms with Gasteiger partial charge in [-0.15, -0.1) is 0 Å². The molecule has 0 N–H and O–H groups in total. The third kappa shape index (κ3) is 3.48. The predicted octanol–water partition coefficient (Wildman–Crippen LogP) is 3.16. The highest BCUT2D eigenvalue weighted by molar-refractivity contribution is 14.1. The van der Waals surface area contributed by atoms with Crippen molar-refractivity contribution in [3.8, 4) is 0 Å². The first-order chi connectivity index (χ1) is 4.69. The molecule has 0 aromatic rings. The Labute approximate surface area is 72.1 Å². The number of hydrogen-bond acceptors (Lipinski definition) is 0. The van der Waals surface area contributed by atoms with Crippen LogP contribution in [0.5, 0.6) is 0 Å². The molecule has 0 rings (SSSR count). The molecule has 0 heterocycles. The predicted molar refractivity (Wildman–Crippen MR) is 34.5 cm³/mol. The zero-order valence-electron chi connectivity index (χ0n) is 4.93. The Morgan fingerprint density at radius 1 is 0.909 bits per heavy atom. The number of alkyl halides is 7. The fraction of sp³-hybridized carbons (Fsp3) is 1.00. The first kappa shape index (κ1) is 11.3. The van der Waals surface area contributed by atoms with Gasteiger partial charge in [0.1, 0.15) is 0 Å². The standard InChI is InChI=1S/C4H3F6I/c5-3(6,7)2(1-11)4(8,9)10/h2H,1H2. The summed E-state index contributed by atoms with van der Waals surface area (Å²) < 4.78 is 68.0. The quantitative estimate of drug-likeness (QED) is 0.395. The molecule has 0 nitrogen and oxygen atoms in total. The van der Waals surface area contributed by atoms with E-state index < -0.39 is 22.7 Å². The molecule has 68 valence electrons. The molecule has 0 amide bonds. The normalized spacial score (nSPS) is 14.2. The van der Waals surface area contributed by atoms with Gasteiger partial charge in [-0.25, -0.2) is 0 Å². The van der Waals surface area contributed by atoms with E-state index in [0.29, 0.717) is 0 Å². The summed E-state index contributed by atoms with van der Waals surface area (Å²) in [5.74, 6) is -3.20. The Morgan fingerprint density at radius 2 is 1.18 bits per heavy atom. The van der Waals surface area contributed by atoms with E-state index in [9.17, 15) is 26.3 Å². The summed E-state index contributed by atoms with van der Waals surface area (Å²) in [4.78, 5) is 0. The lowest BCUT2D eigenvalue weighted by molar-refractivity contribution is -0.275. The minimum Gasteiger partial charge on any atom is -0.170 e. The third-order valence-corrected chi connectivity index (χ3v) is 1.83. The molecule has 0 aliphatic rings. The first-order valence-corrected chi connectivity index (χ1v) is 3.91. The maximum Gasteiger partial charge on any atom is 0.401 e. The van der Waals surface area contributed by atoms with E-state index in [1.807, 2.05) is 0 Å². The number of halogens is 7. The van der Waals surface area contributed by atoms with Crippen LogP contribution in [-0.2, 0) is 0 Å². The Balaban J connectivity index is 4.43. The van der Waals surface area contributed by atoms with Gasteiger partial charge in [0, 0.05) is 4.43 Å². The second-order valence-corrected chi connectivity index (χ2v) is 2.67.